The number of hydrogen-bond donors (Lipinski definition) is 0. The quantitative estimate of drug-likeness (QED) is 0.225. The second-order valence-electron chi connectivity index (χ2n) is 6.06. The third-order valence-electron chi connectivity index (χ3n) is 3.94. The Hall–Kier alpha value is 1.30. The van der Waals surface area contributed by atoms with Gasteiger partial charge >= 0.3 is 29.6 Å². The van der Waals surface area contributed by atoms with Crippen molar-refractivity contribution in [2.24, 2.45) is 0 Å². The van der Waals surface area contributed by atoms with E-state index >= 15 is 0 Å². The average molecular weight is 378 g/mol. The van der Waals surface area contributed by atoms with E-state index in [1.54, 1.807) is 24.6 Å². The molecule has 0 saturated carbocycles. The van der Waals surface area contributed by atoms with Crippen LogP contribution in [0.3, 0.4) is 0 Å². The van der Waals surface area contributed by atoms with Crippen molar-refractivity contribution in [3.8, 4) is 0 Å². The Balaban J connectivity index is -0.000000578. The van der Waals surface area contributed by atoms with Crippen molar-refractivity contribution in [1.82, 2.24) is 0 Å². The molecule has 0 aromatic rings. The van der Waals surface area contributed by atoms with Gasteiger partial charge in [-0.25, -0.2) is 0 Å². The van der Waals surface area contributed by atoms with Crippen molar-refractivity contribution in [1.29, 1.82) is 0 Å². The van der Waals surface area contributed by atoms with Crippen molar-refractivity contribution >= 4 is 17.7 Å². The SMILES string of the molecule is CCCC[P+](CCCC)(CCCC)CCCC.O=S(=O)([O-])[O-].[Na+]. The molecular formula is C16H36NaO4PS. The first-order valence-electron chi connectivity index (χ1n) is 8.76. The van der Waals surface area contributed by atoms with Crippen molar-refractivity contribution in [2.75, 3.05) is 24.6 Å². The molecule has 0 aromatic carbocycles. The van der Waals surface area contributed by atoms with Gasteiger partial charge in [0.1, 0.15) is 0 Å². The molecule has 0 bridgehead atoms. The Kier molecular flexibility index (Phi) is 22.9. The normalized spacial score (nSPS) is 11.4. The molecular weight excluding hydrogens is 342 g/mol. The number of rotatable bonds is 12. The molecule has 0 unspecified atom stereocenters. The molecule has 23 heavy (non-hydrogen) atoms. The summed E-state index contributed by atoms with van der Waals surface area (Å²) in [5.74, 6) is 0. The Morgan fingerprint density at radius 3 is 0.957 bits per heavy atom. The van der Waals surface area contributed by atoms with E-state index in [1.165, 1.54) is 51.4 Å². The zero-order chi connectivity index (χ0) is 17.5. The van der Waals surface area contributed by atoms with Crippen LogP contribution in [0.2, 0.25) is 0 Å². The summed E-state index contributed by atoms with van der Waals surface area (Å²) in [4.78, 5) is 0. The van der Waals surface area contributed by atoms with E-state index < -0.39 is 17.7 Å². The fourth-order valence-electron chi connectivity index (χ4n) is 2.64. The van der Waals surface area contributed by atoms with E-state index in [0.717, 1.165) is 0 Å². The summed E-state index contributed by atoms with van der Waals surface area (Å²) in [5.41, 5.74) is 0. The van der Waals surface area contributed by atoms with Crippen LogP contribution in [0, 0.1) is 0 Å². The van der Waals surface area contributed by atoms with Crippen LogP contribution in [0.1, 0.15) is 79.1 Å². The van der Waals surface area contributed by atoms with Crippen LogP contribution in [-0.4, -0.2) is 42.2 Å². The summed E-state index contributed by atoms with van der Waals surface area (Å²) < 4.78 is 34.1. The second-order valence-corrected chi connectivity index (χ2v) is 11.3. The first kappa shape index (κ1) is 29.1. The molecule has 0 saturated heterocycles. The van der Waals surface area contributed by atoms with Crippen LogP contribution in [0.5, 0.6) is 0 Å². The van der Waals surface area contributed by atoms with Crippen LogP contribution < -0.4 is 29.6 Å². The van der Waals surface area contributed by atoms with Crippen molar-refractivity contribution in [3.05, 3.63) is 0 Å². The fourth-order valence-corrected chi connectivity index (χ4v) is 7.93. The van der Waals surface area contributed by atoms with E-state index in [0.29, 0.717) is 0 Å². The van der Waals surface area contributed by atoms with E-state index in [-0.39, 0.29) is 29.6 Å². The molecule has 0 spiro atoms. The molecule has 0 rings (SSSR count). The van der Waals surface area contributed by atoms with Gasteiger partial charge < -0.3 is 9.11 Å². The second kappa shape index (κ2) is 18.1. The van der Waals surface area contributed by atoms with Crippen LogP contribution in [0.4, 0.5) is 0 Å². The fraction of sp³-hybridized carbons (Fsp3) is 1.00. The molecule has 0 aliphatic heterocycles. The molecule has 0 aliphatic rings. The smallest absolute Gasteiger partial charge is 0.759 e. The third-order valence-corrected chi connectivity index (χ3v) is 9.00. The molecule has 4 nitrogen and oxygen atoms in total. The van der Waals surface area contributed by atoms with Crippen molar-refractivity contribution in [3.63, 3.8) is 0 Å². The first-order valence-corrected chi connectivity index (χ1v) is 12.6. The molecule has 136 valence electrons. The molecule has 0 atom stereocenters. The van der Waals surface area contributed by atoms with E-state index in [2.05, 4.69) is 27.7 Å². The molecule has 7 heteroatoms. The summed E-state index contributed by atoms with van der Waals surface area (Å²) >= 11 is 0. The van der Waals surface area contributed by atoms with Gasteiger partial charge in [-0.15, -0.1) is 0 Å². The van der Waals surface area contributed by atoms with E-state index in [4.69, 9.17) is 17.5 Å². The molecule has 0 N–H and O–H groups in total. The Labute approximate surface area is 167 Å². The predicted molar refractivity (Wildman–Crippen MR) is 96.5 cm³/mol. The van der Waals surface area contributed by atoms with Gasteiger partial charge in [0.15, 0.2) is 0 Å². The molecule has 0 aliphatic carbocycles. The molecule has 0 amide bonds. The number of hydrogen-bond acceptors (Lipinski definition) is 4. The van der Waals surface area contributed by atoms with Crippen LogP contribution in [0.15, 0.2) is 0 Å². The van der Waals surface area contributed by atoms with Crippen LogP contribution in [0.25, 0.3) is 0 Å². The predicted octanol–water partition coefficient (Wildman–Crippen LogP) is 1.87. The largest absolute Gasteiger partial charge is 1.00 e. The number of unbranched alkanes of at least 4 members (excludes halogenated alkanes) is 4. The van der Waals surface area contributed by atoms with Gasteiger partial charge in [-0.05, 0) is 25.7 Å². The van der Waals surface area contributed by atoms with Gasteiger partial charge in [-0.3, -0.25) is 8.42 Å². The minimum Gasteiger partial charge on any atom is -0.759 e. The van der Waals surface area contributed by atoms with Gasteiger partial charge in [0, 0.05) is 17.7 Å². The summed E-state index contributed by atoms with van der Waals surface area (Å²) in [6.45, 7) is 9.42. The van der Waals surface area contributed by atoms with Crippen molar-refractivity contribution < 1.29 is 47.1 Å². The first-order chi connectivity index (χ1) is 10.2. The van der Waals surface area contributed by atoms with Gasteiger partial charge in [0.2, 0.25) is 0 Å². The Morgan fingerprint density at radius 2 is 0.826 bits per heavy atom. The minimum atomic E-state index is -5.17. The zero-order valence-corrected chi connectivity index (χ0v) is 19.7. The summed E-state index contributed by atoms with van der Waals surface area (Å²) in [7, 11) is -5.73. The van der Waals surface area contributed by atoms with Crippen LogP contribution in [-0.2, 0) is 10.4 Å². The molecule has 0 fully saturated rings. The Bertz CT molecular complexity index is 291. The summed E-state index contributed by atoms with van der Waals surface area (Å²) in [6.07, 6.45) is 17.9. The minimum absolute atomic E-state index is 0. The summed E-state index contributed by atoms with van der Waals surface area (Å²) in [5, 5.41) is 0. The molecule has 0 aromatic heterocycles. The maximum absolute atomic E-state index is 8.52. The van der Waals surface area contributed by atoms with Crippen LogP contribution >= 0.6 is 7.26 Å². The maximum Gasteiger partial charge on any atom is 1.00 e. The topological polar surface area (TPSA) is 80.3 Å². The maximum atomic E-state index is 8.52. The van der Waals surface area contributed by atoms with E-state index in [9.17, 15) is 0 Å². The monoisotopic (exact) mass is 378 g/mol. The Morgan fingerprint density at radius 1 is 0.652 bits per heavy atom. The standard InChI is InChI=1S/C16H36P.Na.H2O4S/c1-5-9-13-17(14-10-6-2,15-11-7-3)16-12-8-4;;1-5(2,3)4/h5-16H2,1-4H3;;(H2,1,2,3,4)/q2*+1;/p-2. The van der Waals surface area contributed by atoms with Gasteiger partial charge in [-0.2, -0.15) is 0 Å². The summed E-state index contributed by atoms with van der Waals surface area (Å²) in [6, 6.07) is 0. The molecule has 0 heterocycles. The zero-order valence-electron chi connectivity index (χ0n) is 16.0. The third kappa shape index (κ3) is 23.3. The average Bonchev–Trinajstić information content (AvgIpc) is 2.44. The van der Waals surface area contributed by atoms with Gasteiger partial charge in [0.05, 0.1) is 24.6 Å². The molecule has 0 radical (unpaired) electrons. The van der Waals surface area contributed by atoms with Crippen molar-refractivity contribution in [2.45, 2.75) is 79.1 Å². The van der Waals surface area contributed by atoms with E-state index in [1.807, 2.05) is 0 Å². The van der Waals surface area contributed by atoms with Gasteiger partial charge in [0.25, 0.3) is 0 Å². The van der Waals surface area contributed by atoms with Gasteiger partial charge in [-0.1, -0.05) is 53.4 Å².